The van der Waals surface area contributed by atoms with Crippen molar-refractivity contribution in [1.82, 2.24) is 5.32 Å². The lowest BCUT2D eigenvalue weighted by atomic mass is 9.91. The summed E-state index contributed by atoms with van der Waals surface area (Å²) in [4.78, 5) is 0. The second-order valence-corrected chi connectivity index (χ2v) is 6.69. The Morgan fingerprint density at radius 1 is 1.30 bits per heavy atom. The van der Waals surface area contributed by atoms with Crippen LogP contribution in [0.2, 0.25) is 0 Å². The Balaban J connectivity index is 1.79. The van der Waals surface area contributed by atoms with Gasteiger partial charge in [-0.25, -0.2) is 0 Å². The molecule has 1 atom stereocenters. The second kappa shape index (κ2) is 6.35. The molecule has 1 saturated carbocycles. The average Bonchev–Trinajstić information content (AvgIpc) is 3.30. The fourth-order valence-corrected chi connectivity index (χ4v) is 3.31. The number of benzene rings is 1. The van der Waals surface area contributed by atoms with Crippen LogP contribution in [-0.2, 0) is 0 Å². The number of hydrogen-bond acceptors (Lipinski definition) is 3. The molecule has 0 spiro atoms. The summed E-state index contributed by atoms with van der Waals surface area (Å²) in [7, 11) is 1.72. The van der Waals surface area contributed by atoms with E-state index < -0.39 is 0 Å². The highest BCUT2D eigenvalue weighted by Crippen LogP contribution is 2.41. The predicted molar refractivity (Wildman–Crippen MR) is 83.8 cm³/mol. The van der Waals surface area contributed by atoms with E-state index in [1.807, 2.05) is 0 Å². The molecule has 1 heterocycles. The number of ether oxygens (including phenoxy) is 2. The van der Waals surface area contributed by atoms with E-state index in [4.69, 9.17) is 9.47 Å². The highest BCUT2D eigenvalue weighted by atomic mass is 79.9. The topological polar surface area (TPSA) is 30.5 Å². The first-order valence-corrected chi connectivity index (χ1v) is 8.28. The highest BCUT2D eigenvalue weighted by Gasteiger charge is 2.24. The van der Waals surface area contributed by atoms with Gasteiger partial charge in [-0.15, -0.1) is 0 Å². The van der Waals surface area contributed by atoms with Crippen molar-refractivity contribution in [3.63, 3.8) is 0 Å². The molecule has 3 rings (SSSR count). The summed E-state index contributed by atoms with van der Waals surface area (Å²) in [5, 5.41) is 3.47. The molecule has 4 heteroatoms. The van der Waals surface area contributed by atoms with Crippen LogP contribution in [0.5, 0.6) is 11.5 Å². The monoisotopic (exact) mass is 339 g/mol. The molecule has 0 bridgehead atoms. The van der Waals surface area contributed by atoms with Crippen LogP contribution in [0.4, 0.5) is 0 Å². The van der Waals surface area contributed by atoms with Gasteiger partial charge in [-0.3, -0.25) is 0 Å². The van der Waals surface area contributed by atoms with Crippen LogP contribution >= 0.6 is 15.9 Å². The van der Waals surface area contributed by atoms with Crippen molar-refractivity contribution in [3.05, 3.63) is 22.2 Å². The third-order valence-corrected chi connectivity index (χ3v) is 4.77. The summed E-state index contributed by atoms with van der Waals surface area (Å²) in [6.07, 6.45) is 5.08. The molecule has 2 fully saturated rings. The van der Waals surface area contributed by atoms with E-state index in [2.05, 4.69) is 33.4 Å². The third kappa shape index (κ3) is 3.29. The van der Waals surface area contributed by atoms with Crippen LogP contribution in [0.3, 0.4) is 0 Å². The van der Waals surface area contributed by atoms with Crippen molar-refractivity contribution < 1.29 is 9.47 Å². The predicted octanol–water partition coefficient (Wildman–Crippen LogP) is 3.71. The zero-order chi connectivity index (χ0) is 13.9. The van der Waals surface area contributed by atoms with E-state index >= 15 is 0 Å². The minimum absolute atomic E-state index is 0.575. The molecule has 1 saturated heterocycles. The number of methoxy groups -OCH3 is 1. The van der Waals surface area contributed by atoms with Crippen LogP contribution < -0.4 is 14.8 Å². The van der Waals surface area contributed by atoms with Gasteiger partial charge in [-0.05, 0) is 77.7 Å². The van der Waals surface area contributed by atoms with Crippen LogP contribution in [0, 0.1) is 5.92 Å². The maximum absolute atomic E-state index is 5.94. The standard InChI is InChI=1S/C16H22BrNO2/c1-19-15-8-13(12-3-2-6-18-9-12)7-14(17)16(15)20-10-11-4-5-11/h7-8,11-12,18H,2-6,9-10H2,1H3. The zero-order valence-corrected chi connectivity index (χ0v) is 13.5. The van der Waals surface area contributed by atoms with E-state index in [9.17, 15) is 0 Å². The molecule has 20 heavy (non-hydrogen) atoms. The summed E-state index contributed by atoms with van der Waals surface area (Å²) in [5.74, 6) is 3.02. The molecule has 1 aromatic rings. The molecule has 1 N–H and O–H groups in total. The van der Waals surface area contributed by atoms with Gasteiger partial charge in [0.2, 0.25) is 0 Å². The summed E-state index contributed by atoms with van der Waals surface area (Å²) in [6.45, 7) is 2.99. The molecular formula is C16H22BrNO2. The second-order valence-electron chi connectivity index (χ2n) is 5.83. The van der Waals surface area contributed by atoms with Gasteiger partial charge in [0.15, 0.2) is 11.5 Å². The fraction of sp³-hybridized carbons (Fsp3) is 0.625. The average molecular weight is 340 g/mol. The Morgan fingerprint density at radius 2 is 2.15 bits per heavy atom. The number of piperidine rings is 1. The fourth-order valence-electron chi connectivity index (χ4n) is 2.74. The minimum atomic E-state index is 0.575. The first kappa shape index (κ1) is 14.2. The molecule has 110 valence electrons. The van der Waals surface area contributed by atoms with Crippen molar-refractivity contribution >= 4 is 15.9 Å². The van der Waals surface area contributed by atoms with Gasteiger partial charge in [-0.1, -0.05) is 0 Å². The Kier molecular flexibility index (Phi) is 4.51. The van der Waals surface area contributed by atoms with E-state index in [0.717, 1.165) is 41.6 Å². The number of nitrogens with one attached hydrogen (secondary N) is 1. The lowest BCUT2D eigenvalue weighted by Gasteiger charge is -2.24. The first-order chi connectivity index (χ1) is 9.78. The van der Waals surface area contributed by atoms with Crippen LogP contribution in [-0.4, -0.2) is 26.8 Å². The van der Waals surface area contributed by atoms with Gasteiger partial charge in [0.25, 0.3) is 0 Å². The SMILES string of the molecule is COc1cc(C2CCCNC2)cc(Br)c1OCC1CC1. The molecule has 1 aliphatic heterocycles. The maximum atomic E-state index is 5.94. The number of rotatable bonds is 5. The van der Waals surface area contributed by atoms with Gasteiger partial charge >= 0.3 is 0 Å². The lowest BCUT2D eigenvalue weighted by molar-refractivity contribution is 0.278. The van der Waals surface area contributed by atoms with Gasteiger partial charge in [0.1, 0.15) is 0 Å². The van der Waals surface area contributed by atoms with Gasteiger partial charge < -0.3 is 14.8 Å². The van der Waals surface area contributed by atoms with Gasteiger partial charge in [-0.2, -0.15) is 0 Å². The van der Waals surface area contributed by atoms with Crippen molar-refractivity contribution in [1.29, 1.82) is 0 Å². The van der Waals surface area contributed by atoms with E-state index in [1.54, 1.807) is 7.11 Å². The largest absolute Gasteiger partial charge is 0.493 e. The van der Waals surface area contributed by atoms with Crippen LogP contribution in [0.15, 0.2) is 16.6 Å². The number of halogens is 1. The molecular weight excluding hydrogens is 318 g/mol. The molecule has 1 unspecified atom stereocenters. The summed E-state index contributed by atoms with van der Waals surface area (Å²) < 4.78 is 12.5. The van der Waals surface area contributed by atoms with Crippen molar-refractivity contribution in [2.24, 2.45) is 5.92 Å². The Hall–Kier alpha value is -0.740. The molecule has 0 amide bonds. The molecule has 0 aromatic heterocycles. The summed E-state index contributed by atoms with van der Waals surface area (Å²) >= 11 is 3.65. The van der Waals surface area contributed by atoms with Crippen LogP contribution in [0.25, 0.3) is 0 Å². The molecule has 3 nitrogen and oxygen atoms in total. The van der Waals surface area contributed by atoms with E-state index in [0.29, 0.717) is 5.92 Å². The first-order valence-electron chi connectivity index (χ1n) is 7.49. The molecule has 2 aliphatic rings. The molecule has 1 aromatic carbocycles. The minimum Gasteiger partial charge on any atom is -0.493 e. The molecule has 1 aliphatic carbocycles. The van der Waals surface area contributed by atoms with Crippen molar-refractivity contribution in [3.8, 4) is 11.5 Å². The summed E-state index contributed by atoms with van der Waals surface area (Å²) in [5.41, 5.74) is 1.33. The van der Waals surface area contributed by atoms with E-state index in [1.165, 1.54) is 31.2 Å². The smallest absolute Gasteiger partial charge is 0.175 e. The Labute approximate surface area is 129 Å². The Morgan fingerprint density at radius 3 is 2.80 bits per heavy atom. The third-order valence-electron chi connectivity index (χ3n) is 4.18. The van der Waals surface area contributed by atoms with E-state index in [-0.39, 0.29) is 0 Å². The molecule has 0 radical (unpaired) electrons. The maximum Gasteiger partial charge on any atom is 0.175 e. The quantitative estimate of drug-likeness (QED) is 0.886. The normalized spacial score (nSPS) is 22.6. The van der Waals surface area contributed by atoms with Crippen molar-refractivity contribution in [2.45, 2.75) is 31.6 Å². The Bertz CT molecular complexity index is 468. The summed E-state index contributed by atoms with van der Waals surface area (Å²) in [6, 6.07) is 4.34. The number of hydrogen-bond donors (Lipinski definition) is 1. The van der Waals surface area contributed by atoms with Gasteiger partial charge in [0.05, 0.1) is 18.2 Å². The lowest BCUT2D eigenvalue weighted by Crippen LogP contribution is -2.28. The van der Waals surface area contributed by atoms with Crippen LogP contribution in [0.1, 0.15) is 37.2 Å². The van der Waals surface area contributed by atoms with Crippen molar-refractivity contribution in [2.75, 3.05) is 26.8 Å². The van der Waals surface area contributed by atoms with Gasteiger partial charge in [0, 0.05) is 6.54 Å². The highest BCUT2D eigenvalue weighted by molar-refractivity contribution is 9.10. The zero-order valence-electron chi connectivity index (χ0n) is 12.0.